The number of likely N-dealkylation sites (tertiary alicyclic amines) is 5. The molecule has 6 heterocycles. The van der Waals surface area contributed by atoms with Crippen LogP contribution in [0.25, 0.3) is 0 Å². The van der Waals surface area contributed by atoms with Crippen LogP contribution < -0.4 is 19.5 Å². The van der Waals surface area contributed by atoms with Crippen molar-refractivity contribution in [2.45, 2.75) is 141 Å². The number of phenolic OH excluding ortho intramolecular Hbond substituents is 2. The van der Waals surface area contributed by atoms with E-state index >= 15 is 0 Å². The molecule has 0 aromatic heterocycles. The highest BCUT2D eigenvalue weighted by Crippen LogP contribution is 2.45. The SMILES string of the molecule is Fc1ccc(OC2C[C@H]3CNC[C@H]3C2)cc1F.O=C(CBr)c1ccc(O)cc1.O=C(OCc1ccccc1)N1C[C@H]2CC(O)C[C@H]2C1.O=C(OCc1ccccc1)N1C[C@H]2CC(O)C[C@H]2C1.O=C(OCc1ccccc1)N1C[C@H]2CC(Oc3ccc(F)c(F)c3)C[C@H]2C1.O=C(OCc1ccccc1)N1C[C@H]2CC(Oc3ccc(F)c(F)c3)C[C@H]2C1.O=C1C[C@@H]2CN(C(=O)OCc3ccccc3)C[C@@H]2C1.Oc1ccc(F)c(F)c1. The molecule has 6 saturated carbocycles. The fraction of sp³-hybridized carbons (Fsp3) is 0.412. The minimum Gasteiger partial charge on any atom is -0.508 e. The highest BCUT2D eigenvalue weighted by Gasteiger charge is 2.49. The maximum Gasteiger partial charge on any atom is 0.410 e. The van der Waals surface area contributed by atoms with Gasteiger partial charge in [-0.1, -0.05) is 168 Å². The highest BCUT2D eigenvalue weighted by molar-refractivity contribution is 9.09. The van der Waals surface area contributed by atoms with E-state index in [1.165, 1.54) is 30.3 Å². The van der Waals surface area contributed by atoms with E-state index in [1.807, 2.05) is 152 Å². The van der Waals surface area contributed by atoms with Crippen molar-refractivity contribution in [1.29, 1.82) is 0 Å². The van der Waals surface area contributed by atoms with Gasteiger partial charge in [-0.2, -0.15) is 0 Å². The average Bonchev–Trinajstić information content (AvgIpc) is 1.55. The van der Waals surface area contributed by atoms with Gasteiger partial charge in [0.15, 0.2) is 52.3 Å². The number of carbonyl (C=O) groups excluding carboxylic acids is 7. The summed E-state index contributed by atoms with van der Waals surface area (Å²) in [6, 6.07) is 68.0. The lowest BCUT2D eigenvalue weighted by molar-refractivity contribution is -0.118. The molecule has 5 amide bonds. The lowest BCUT2D eigenvalue weighted by Gasteiger charge is -2.20. The Labute approximate surface area is 862 Å². The van der Waals surface area contributed by atoms with E-state index in [9.17, 15) is 78.9 Å². The van der Waals surface area contributed by atoms with Crippen LogP contribution in [-0.2, 0) is 61.5 Å². The number of fused-ring (bicyclic) bond motifs is 6. The van der Waals surface area contributed by atoms with Crippen molar-refractivity contribution < 1.29 is 127 Å². The van der Waals surface area contributed by atoms with Crippen LogP contribution in [0.3, 0.4) is 0 Å². The number of ether oxygens (including phenoxy) is 8. The zero-order valence-electron chi connectivity index (χ0n) is 81.7. The Morgan fingerprint density at radius 2 is 0.527 bits per heavy atom. The molecular weight excluding hydrogens is 1990 g/mol. The number of amides is 5. The van der Waals surface area contributed by atoms with Gasteiger partial charge in [0.25, 0.3) is 0 Å². The van der Waals surface area contributed by atoms with Crippen molar-refractivity contribution in [2.24, 2.45) is 71.0 Å². The van der Waals surface area contributed by atoms with Gasteiger partial charge in [-0.3, -0.25) is 9.59 Å². The molecule has 25 nitrogen and oxygen atoms in total. The van der Waals surface area contributed by atoms with Crippen LogP contribution in [0.2, 0.25) is 0 Å². The number of carbonyl (C=O) groups is 7. The first kappa shape index (κ1) is 109. The second kappa shape index (κ2) is 53.0. The normalized spacial score (nSPS) is 24.4. The molecule has 6 saturated heterocycles. The van der Waals surface area contributed by atoms with Crippen molar-refractivity contribution in [1.82, 2.24) is 29.8 Å². The summed E-state index contributed by atoms with van der Waals surface area (Å²) in [4.78, 5) is 91.6. The van der Waals surface area contributed by atoms with E-state index in [0.717, 1.165) is 186 Å². The Morgan fingerprint density at radius 1 is 0.291 bits per heavy atom. The van der Waals surface area contributed by atoms with Gasteiger partial charge in [-0.05, 0) is 249 Å². The Morgan fingerprint density at radius 3 is 0.777 bits per heavy atom. The molecule has 0 radical (unpaired) electrons. The molecule has 0 bridgehead atoms. The van der Waals surface area contributed by atoms with Crippen molar-refractivity contribution in [3.05, 3.63) is 329 Å². The number of halogens is 9. The largest absolute Gasteiger partial charge is 0.508 e. The quantitative estimate of drug-likeness (QED) is 0.0231. The van der Waals surface area contributed by atoms with Gasteiger partial charge in [0.2, 0.25) is 0 Å². The number of benzene rings is 10. The highest BCUT2D eigenvalue weighted by atomic mass is 79.9. The Hall–Kier alpha value is -13.3. The van der Waals surface area contributed by atoms with E-state index in [2.05, 4.69) is 21.2 Å². The van der Waals surface area contributed by atoms with Crippen LogP contribution in [0.5, 0.6) is 28.7 Å². The Balaban J connectivity index is 0.000000129. The van der Waals surface area contributed by atoms with Crippen LogP contribution >= 0.6 is 15.9 Å². The number of Topliss-reactive ketones (excluding diaryl/α,β-unsaturated/α-hetero) is 2. The summed E-state index contributed by atoms with van der Waals surface area (Å²) in [5, 5.41) is 40.3. The molecule has 10 aromatic carbocycles. The summed E-state index contributed by atoms with van der Waals surface area (Å²) >= 11 is 3.06. The third-order valence-corrected chi connectivity index (χ3v) is 29.7. The van der Waals surface area contributed by atoms with Crippen molar-refractivity contribution in [2.75, 3.05) is 83.9 Å². The first-order valence-corrected chi connectivity index (χ1v) is 51.3. The summed E-state index contributed by atoms with van der Waals surface area (Å²) in [7, 11) is 0. The lowest BCUT2D eigenvalue weighted by Crippen LogP contribution is -2.31. The minimum absolute atomic E-state index is 0.0185. The number of hydrogen-bond donors (Lipinski definition) is 5. The fourth-order valence-electron chi connectivity index (χ4n) is 21.7. The molecule has 0 spiro atoms. The summed E-state index contributed by atoms with van der Waals surface area (Å²) in [6.07, 6.45) is 8.24. The van der Waals surface area contributed by atoms with Crippen molar-refractivity contribution >= 4 is 58.0 Å². The van der Waals surface area contributed by atoms with Crippen LogP contribution in [0, 0.1) is 118 Å². The minimum atomic E-state index is -1.03. The first-order valence-electron chi connectivity index (χ1n) is 50.2. The van der Waals surface area contributed by atoms with Crippen LogP contribution in [0.4, 0.5) is 59.1 Å². The molecule has 12 fully saturated rings. The second-order valence-corrected chi connectivity index (χ2v) is 40.3. The summed E-state index contributed by atoms with van der Waals surface area (Å²) < 4.78 is 147. The smallest absolute Gasteiger partial charge is 0.410 e. The number of alkyl halides is 1. The molecule has 12 aliphatic rings. The maximum absolute atomic E-state index is 13.3. The molecule has 5 unspecified atom stereocenters. The lowest BCUT2D eigenvalue weighted by atomic mass is 10.0. The van der Waals surface area contributed by atoms with Crippen LogP contribution in [-0.4, -0.2) is 201 Å². The van der Waals surface area contributed by atoms with Crippen LogP contribution in [0.1, 0.15) is 115 Å². The van der Waals surface area contributed by atoms with E-state index in [1.54, 1.807) is 36.6 Å². The molecule has 148 heavy (non-hydrogen) atoms. The third kappa shape index (κ3) is 31.6. The number of ketones is 2. The topological polar surface area (TPSA) is 302 Å². The third-order valence-electron chi connectivity index (χ3n) is 29.1. The number of hydrogen-bond acceptors (Lipinski definition) is 20. The standard InChI is InChI=1S/2C21H21F2NO3.2C15H19NO3.C15H17NO3.C13H15F2NO.C8H7BrO2.C6H4F2O/c2*22-19-7-6-17(10-20(19)23)27-18-8-15-11-24(12-16(15)9-18)21(25)26-13-14-4-2-1-3-5-14;3*17-14-6-12-8-16(9-13(12)7-14)15(18)19-10-11-4-2-1-3-5-11;14-12-2-1-10(5-13(12)15)17-11-3-8-6-16-7-9(8)4-11;9-5-8(11)6-1-3-7(10)4-2-6;7-5-2-1-4(9)3-6(5)8/h2*1-7,10,15-16,18H,8-9,11-13H2;2*1-5,12-14,17H,6-10H2;1-5,12-13H,6-10H2;1-2,5,8-9,11,16H,3-4,6-7H2;1-4,10H,5H2;1-3,9H/t2*15-,16+,18?;2*12-,13+,14?;12-,13+;8-,9+,11?;;. The molecule has 6 aliphatic heterocycles. The number of aliphatic hydroxyl groups excluding tert-OH is 2. The fourth-order valence-corrected chi connectivity index (χ4v) is 22.1. The van der Waals surface area contributed by atoms with E-state index < -0.39 is 46.5 Å². The van der Waals surface area contributed by atoms with Gasteiger partial charge < -0.3 is 88.1 Å². The molecule has 10 aromatic rings. The molecule has 5 N–H and O–H groups in total. The molecule has 34 heteroatoms. The number of aliphatic hydroxyl groups is 2. The van der Waals surface area contributed by atoms with Crippen molar-refractivity contribution in [3.63, 3.8) is 0 Å². The van der Waals surface area contributed by atoms with Gasteiger partial charge in [0.1, 0.15) is 67.6 Å². The number of phenols is 2. The predicted molar refractivity (Wildman–Crippen MR) is 535 cm³/mol. The van der Waals surface area contributed by atoms with Gasteiger partial charge in [-0.25, -0.2) is 59.1 Å². The number of nitrogens with zero attached hydrogens (tertiary/aromatic N) is 5. The molecular formula is C114H123BrF8N6O19. The number of rotatable bonds is 18. The average molecular weight is 2110 g/mol. The zero-order chi connectivity index (χ0) is 104. The zero-order valence-corrected chi connectivity index (χ0v) is 83.3. The van der Waals surface area contributed by atoms with Crippen molar-refractivity contribution in [3.8, 4) is 28.7 Å². The molecule has 17 atom stereocenters. The molecule has 6 aliphatic carbocycles. The molecule has 22 rings (SSSR count). The Kier molecular flexibility index (Phi) is 39.0. The second-order valence-electron chi connectivity index (χ2n) is 39.8. The van der Waals surface area contributed by atoms with Gasteiger partial charge in [0, 0.05) is 108 Å². The number of aromatic hydroxyl groups is 2. The monoisotopic (exact) mass is 2110 g/mol. The maximum atomic E-state index is 13.3. The van der Waals surface area contributed by atoms with Gasteiger partial charge in [0.05, 0.1) is 35.8 Å². The van der Waals surface area contributed by atoms with Gasteiger partial charge >= 0.3 is 30.5 Å². The summed E-state index contributed by atoms with van der Waals surface area (Å²) in [5.41, 5.74) is 5.54. The summed E-state index contributed by atoms with van der Waals surface area (Å²) in [6.45, 7) is 10.5. The summed E-state index contributed by atoms with van der Waals surface area (Å²) in [5.74, 6) is -0.513. The van der Waals surface area contributed by atoms with Crippen LogP contribution in [0.15, 0.2) is 249 Å². The molecule has 786 valence electrons. The van der Waals surface area contributed by atoms with E-state index in [-0.39, 0.29) is 91.5 Å². The van der Waals surface area contributed by atoms with E-state index in [4.69, 9.17) is 48.1 Å². The number of nitrogens with one attached hydrogen (secondary N) is 1. The Bertz CT molecular complexity index is 5730. The first-order chi connectivity index (χ1) is 71.5. The predicted octanol–water partition coefficient (Wildman–Crippen LogP) is 21.0. The van der Waals surface area contributed by atoms with E-state index in [0.29, 0.717) is 177 Å². The van der Waals surface area contributed by atoms with Gasteiger partial charge in [-0.15, -0.1) is 0 Å².